The molecule has 0 aliphatic rings. The van der Waals surface area contributed by atoms with Gasteiger partial charge in [0.15, 0.2) is 11.5 Å². The molecule has 2 aromatic rings. The van der Waals surface area contributed by atoms with Crippen LogP contribution in [0, 0.1) is 0 Å². The maximum atomic E-state index is 8.88. The zero-order valence-corrected chi connectivity index (χ0v) is 11.7. The molecule has 0 radical (unpaired) electrons. The van der Waals surface area contributed by atoms with E-state index in [-0.39, 0.29) is 0 Å². The minimum Gasteiger partial charge on any atom is -0.382 e. The fourth-order valence-corrected chi connectivity index (χ4v) is 1.34. The van der Waals surface area contributed by atoms with Crippen LogP contribution in [0.15, 0.2) is 18.5 Å². The fraction of sp³-hybridized carbons (Fsp3) is 0.300. The van der Waals surface area contributed by atoms with Crippen molar-refractivity contribution in [3.8, 4) is 0 Å². The second-order valence-corrected chi connectivity index (χ2v) is 5.12. The minimum absolute atomic E-state index is 0.453. The Balaban J connectivity index is 0.000000347. The third-order valence-corrected chi connectivity index (χ3v) is 2.14. The van der Waals surface area contributed by atoms with Crippen LogP contribution in [0.25, 0.3) is 11.2 Å². The summed E-state index contributed by atoms with van der Waals surface area (Å²) in [5, 5.41) is 0. The molecule has 2 heterocycles. The molecule has 2 aromatic heterocycles. The molecule has 0 saturated heterocycles. The number of hydrogen-bond acceptors (Lipinski definition) is 5. The van der Waals surface area contributed by atoms with Gasteiger partial charge in [0, 0.05) is 6.42 Å². The second kappa shape index (κ2) is 6.58. The third-order valence-electron chi connectivity index (χ3n) is 2.14. The Hall–Kier alpha value is -1.80. The summed E-state index contributed by atoms with van der Waals surface area (Å²) < 4.78 is 8.88. The Morgan fingerprint density at radius 3 is 2.60 bits per heavy atom. The third kappa shape index (κ3) is 5.89. The summed E-state index contributed by atoms with van der Waals surface area (Å²) in [6, 6.07) is 0. The molecule has 0 aliphatic carbocycles. The van der Waals surface area contributed by atoms with E-state index in [0.29, 0.717) is 17.0 Å². The average molecular weight is 301 g/mol. The maximum Gasteiger partial charge on any atom is 0.466 e. The van der Waals surface area contributed by atoms with Crippen molar-refractivity contribution in [2.24, 2.45) is 0 Å². The van der Waals surface area contributed by atoms with Crippen molar-refractivity contribution in [1.29, 1.82) is 0 Å². The average Bonchev–Trinajstić information content (AvgIpc) is 2.72. The minimum atomic E-state index is -4.64. The van der Waals surface area contributed by atoms with Crippen molar-refractivity contribution in [2.75, 3.05) is 5.73 Å². The fourth-order valence-electron chi connectivity index (χ4n) is 1.34. The molecule has 0 amide bonds. The Morgan fingerprint density at radius 1 is 1.45 bits per heavy atom. The molecule has 0 spiro atoms. The number of aromatic nitrogens is 4. The topological polar surface area (TPSA) is 158 Å². The number of aromatic amines is 1. The number of H-pyrrole nitrogens is 1. The van der Waals surface area contributed by atoms with Gasteiger partial charge in [0.2, 0.25) is 0 Å². The molecule has 0 aliphatic heterocycles. The summed E-state index contributed by atoms with van der Waals surface area (Å²) in [6.07, 6.45) is 3.19. The number of phosphoric acid groups is 1. The van der Waals surface area contributed by atoms with Gasteiger partial charge in [0.05, 0.1) is 6.33 Å². The van der Waals surface area contributed by atoms with Gasteiger partial charge in [-0.05, 0) is 13.3 Å². The standard InChI is InChI=1S/C10H13N5.H3O4P/c1-6(2)3-4-7-14-9(11)8-10(15-7)13-5-12-8;1-5(2,3)4/h5H,1,3-4H2,2H3,(H3,11,12,13,14,15);(H3,1,2,3,4). The van der Waals surface area contributed by atoms with Crippen LogP contribution in [-0.2, 0) is 11.0 Å². The van der Waals surface area contributed by atoms with E-state index in [4.69, 9.17) is 25.0 Å². The van der Waals surface area contributed by atoms with E-state index < -0.39 is 7.82 Å². The first-order valence-electron chi connectivity index (χ1n) is 5.55. The zero-order chi connectivity index (χ0) is 15.3. The van der Waals surface area contributed by atoms with Crippen molar-refractivity contribution in [3.63, 3.8) is 0 Å². The molecule has 0 fully saturated rings. The summed E-state index contributed by atoms with van der Waals surface area (Å²) in [5.41, 5.74) is 8.20. The molecular formula is C10H16N5O4P. The summed E-state index contributed by atoms with van der Waals surface area (Å²) in [7, 11) is -4.64. The maximum absolute atomic E-state index is 8.88. The van der Waals surface area contributed by atoms with Gasteiger partial charge in [-0.1, -0.05) is 5.57 Å². The lowest BCUT2D eigenvalue weighted by molar-refractivity contribution is 0.275. The molecule has 0 aromatic carbocycles. The second-order valence-electron chi connectivity index (χ2n) is 4.10. The first kappa shape index (κ1) is 16.3. The number of nitrogens with one attached hydrogen (secondary N) is 1. The number of fused-ring (bicyclic) bond motifs is 1. The van der Waals surface area contributed by atoms with Crippen LogP contribution < -0.4 is 5.73 Å². The lowest BCUT2D eigenvalue weighted by Gasteiger charge is -2.01. The molecule has 9 nitrogen and oxygen atoms in total. The lowest BCUT2D eigenvalue weighted by atomic mass is 10.2. The van der Waals surface area contributed by atoms with E-state index in [2.05, 4.69) is 26.5 Å². The van der Waals surface area contributed by atoms with Gasteiger partial charge in [0.25, 0.3) is 0 Å². The number of anilines is 1. The molecule has 2 rings (SSSR count). The van der Waals surface area contributed by atoms with Crippen LogP contribution in [0.5, 0.6) is 0 Å². The van der Waals surface area contributed by atoms with Crippen molar-refractivity contribution in [3.05, 3.63) is 24.3 Å². The molecule has 6 N–H and O–H groups in total. The summed E-state index contributed by atoms with van der Waals surface area (Å²) in [5.74, 6) is 1.17. The van der Waals surface area contributed by atoms with Crippen molar-refractivity contribution < 1.29 is 19.2 Å². The van der Waals surface area contributed by atoms with Gasteiger partial charge in [-0.25, -0.2) is 19.5 Å². The quantitative estimate of drug-likeness (QED) is 0.405. The number of allylic oxidation sites excluding steroid dienone is 1. The summed E-state index contributed by atoms with van der Waals surface area (Å²) in [4.78, 5) is 37.0. The van der Waals surface area contributed by atoms with Crippen LogP contribution in [0.1, 0.15) is 19.2 Å². The van der Waals surface area contributed by atoms with Crippen molar-refractivity contribution in [1.82, 2.24) is 19.9 Å². The van der Waals surface area contributed by atoms with E-state index in [0.717, 1.165) is 24.2 Å². The van der Waals surface area contributed by atoms with E-state index in [9.17, 15) is 0 Å². The Labute approximate surface area is 114 Å². The van der Waals surface area contributed by atoms with Gasteiger partial charge in [-0.2, -0.15) is 0 Å². The number of hydrogen-bond donors (Lipinski definition) is 5. The summed E-state index contributed by atoms with van der Waals surface area (Å²) in [6.45, 7) is 5.82. The van der Waals surface area contributed by atoms with Crippen LogP contribution in [0.3, 0.4) is 0 Å². The molecule has 0 bridgehead atoms. The summed E-state index contributed by atoms with van der Waals surface area (Å²) >= 11 is 0. The van der Waals surface area contributed by atoms with Crippen molar-refractivity contribution >= 4 is 24.8 Å². The molecule has 0 atom stereocenters. The van der Waals surface area contributed by atoms with Crippen molar-refractivity contribution in [2.45, 2.75) is 19.8 Å². The first-order chi connectivity index (χ1) is 9.16. The molecule has 20 heavy (non-hydrogen) atoms. The lowest BCUT2D eigenvalue weighted by Crippen LogP contribution is -2.01. The number of nitrogen functional groups attached to an aromatic ring is 1. The highest BCUT2D eigenvalue weighted by Gasteiger charge is 2.06. The number of rotatable bonds is 3. The van der Waals surface area contributed by atoms with Crippen LogP contribution in [0.4, 0.5) is 5.82 Å². The molecular weight excluding hydrogens is 285 g/mol. The Morgan fingerprint density at radius 2 is 2.05 bits per heavy atom. The van der Waals surface area contributed by atoms with Gasteiger partial charge in [0.1, 0.15) is 11.3 Å². The molecule has 0 saturated carbocycles. The van der Waals surface area contributed by atoms with Crippen LogP contribution >= 0.6 is 7.82 Å². The smallest absolute Gasteiger partial charge is 0.382 e. The van der Waals surface area contributed by atoms with Gasteiger partial charge < -0.3 is 25.4 Å². The van der Waals surface area contributed by atoms with Gasteiger partial charge in [-0.15, -0.1) is 6.58 Å². The monoisotopic (exact) mass is 301 g/mol. The Bertz CT molecular complexity index is 642. The number of aryl methyl sites for hydroxylation is 1. The highest BCUT2D eigenvalue weighted by Crippen LogP contribution is 2.25. The van der Waals surface area contributed by atoms with Crippen LogP contribution in [0.2, 0.25) is 0 Å². The highest BCUT2D eigenvalue weighted by molar-refractivity contribution is 7.45. The van der Waals surface area contributed by atoms with Gasteiger partial charge in [-0.3, -0.25) is 0 Å². The van der Waals surface area contributed by atoms with E-state index in [1.807, 2.05) is 6.92 Å². The number of nitrogens with zero attached hydrogens (tertiary/aromatic N) is 3. The van der Waals surface area contributed by atoms with E-state index in [1.54, 1.807) is 6.33 Å². The normalized spacial score (nSPS) is 11.0. The zero-order valence-electron chi connectivity index (χ0n) is 10.8. The number of imidazole rings is 1. The molecule has 10 heteroatoms. The number of nitrogens with two attached hydrogens (primary N) is 1. The van der Waals surface area contributed by atoms with Gasteiger partial charge >= 0.3 is 7.82 Å². The SMILES string of the molecule is C=C(C)CCc1nc(N)c2[nH]cnc2n1.O=P(O)(O)O. The van der Waals surface area contributed by atoms with E-state index >= 15 is 0 Å². The highest BCUT2D eigenvalue weighted by atomic mass is 31.2. The molecule has 0 unspecified atom stereocenters. The van der Waals surface area contributed by atoms with E-state index in [1.165, 1.54) is 0 Å². The van der Waals surface area contributed by atoms with Crippen LogP contribution in [-0.4, -0.2) is 34.6 Å². The predicted octanol–water partition coefficient (Wildman–Crippen LogP) is 0.515. The first-order valence-corrected chi connectivity index (χ1v) is 7.11. The predicted molar refractivity (Wildman–Crippen MR) is 73.5 cm³/mol. The largest absolute Gasteiger partial charge is 0.466 e. The molecule has 110 valence electrons. The Kier molecular flexibility index (Phi) is 5.34.